The van der Waals surface area contributed by atoms with Gasteiger partial charge in [0.1, 0.15) is 0 Å². The fraction of sp³-hybridized carbons (Fsp3) is 0.286. The number of carbonyl (C=O) groups excluding carboxylic acids is 2. The number of halogens is 1. The van der Waals surface area contributed by atoms with E-state index in [1.165, 1.54) is 0 Å². The minimum atomic E-state index is -0.249. The molecule has 0 radical (unpaired) electrons. The van der Waals surface area contributed by atoms with Gasteiger partial charge >= 0.3 is 0 Å². The Bertz CT molecular complexity index is 546. The third-order valence-corrected chi connectivity index (χ3v) is 3.36. The fourth-order valence-electron chi connectivity index (χ4n) is 1.96. The molecule has 3 nitrogen and oxygen atoms in total. The van der Waals surface area contributed by atoms with Gasteiger partial charge in [0.25, 0.3) is 0 Å². The number of benzene rings is 1. The van der Waals surface area contributed by atoms with Gasteiger partial charge in [-0.05, 0) is 20.5 Å². The molecule has 0 fully saturated rings. The van der Waals surface area contributed by atoms with E-state index in [0.29, 0.717) is 29.7 Å². The van der Waals surface area contributed by atoms with Crippen molar-refractivity contribution >= 4 is 23.2 Å². The first-order chi connectivity index (χ1) is 8.52. The standard InChI is InChI=1S/C14H14ClNO2/c1-16(2)8-7-11-12(15)14(18)10-6-4-3-5-9(10)13(11)17/h3-6H,7-8H2,1-2H3. The summed E-state index contributed by atoms with van der Waals surface area (Å²) in [6.45, 7) is 0.687. The largest absolute Gasteiger partial charge is 0.309 e. The molecular weight excluding hydrogens is 250 g/mol. The molecule has 2 rings (SSSR count). The second kappa shape index (κ2) is 5.04. The summed E-state index contributed by atoms with van der Waals surface area (Å²) in [4.78, 5) is 26.3. The van der Waals surface area contributed by atoms with Crippen LogP contribution in [0, 0.1) is 0 Å². The zero-order chi connectivity index (χ0) is 13.3. The molecule has 1 aromatic rings. The number of nitrogens with zero attached hydrogens (tertiary/aromatic N) is 1. The molecular formula is C14H14ClNO2. The van der Waals surface area contributed by atoms with Crippen LogP contribution in [0.25, 0.3) is 0 Å². The number of hydrogen-bond acceptors (Lipinski definition) is 3. The Balaban J connectivity index is 2.40. The quantitative estimate of drug-likeness (QED) is 0.841. The van der Waals surface area contributed by atoms with Crippen molar-refractivity contribution in [2.75, 3.05) is 20.6 Å². The van der Waals surface area contributed by atoms with Crippen LogP contribution in [0.1, 0.15) is 27.1 Å². The molecule has 0 aliphatic heterocycles. The summed E-state index contributed by atoms with van der Waals surface area (Å²) in [7, 11) is 3.83. The maximum Gasteiger partial charge on any atom is 0.205 e. The Morgan fingerprint density at radius 3 is 2.17 bits per heavy atom. The topological polar surface area (TPSA) is 37.4 Å². The number of hydrogen-bond donors (Lipinski definition) is 0. The van der Waals surface area contributed by atoms with Crippen LogP contribution in [0.4, 0.5) is 0 Å². The van der Waals surface area contributed by atoms with E-state index in [4.69, 9.17) is 11.6 Å². The Morgan fingerprint density at radius 2 is 1.61 bits per heavy atom. The average Bonchev–Trinajstić information content (AvgIpc) is 2.36. The van der Waals surface area contributed by atoms with Crippen LogP contribution in [0.15, 0.2) is 34.9 Å². The second-order valence-corrected chi connectivity index (χ2v) is 4.93. The monoisotopic (exact) mass is 263 g/mol. The second-order valence-electron chi connectivity index (χ2n) is 4.55. The predicted molar refractivity (Wildman–Crippen MR) is 71.2 cm³/mol. The first-order valence-electron chi connectivity index (χ1n) is 5.74. The Labute approximate surface area is 111 Å². The van der Waals surface area contributed by atoms with Crippen LogP contribution in [-0.4, -0.2) is 37.1 Å². The molecule has 0 aromatic heterocycles. The lowest BCUT2D eigenvalue weighted by molar-refractivity contribution is 0.0977. The number of allylic oxidation sites excluding steroid dienone is 1. The van der Waals surface area contributed by atoms with Crippen LogP contribution >= 0.6 is 11.6 Å². The molecule has 0 N–H and O–H groups in total. The first-order valence-corrected chi connectivity index (χ1v) is 6.12. The molecule has 0 spiro atoms. The highest BCUT2D eigenvalue weighted by molar-refractivity contribution is 6.50. The van der Waals surface area contributed by atoms with Gasteiger partial charge in [-0.1, -0.05) is 35.9 Å². The van der Waals surface area contributed by atoms with Gasteiger partial charge in [0.05, 0.1) is 5.03 Å². The minimum Gasteiger partial charge on any atom is -0.309 e. The maximum atomic E-state index is 12.3. The molecule has 18 heavy (non-hydrogen) atoms. The molecule has 1 aliphatic carbocycles. The number of Topliss-reactive ketones (excluding diaryl/α,β-unsaturated/α-hetero) is 2. The highest BCUT2D eigenvalue weighted by Gasteiger charge is 2.30. The van der Waals surface area contributed by atoms with E-state index < -0.39 is 0 Å². The van der Waals surface area contributed by atoms with E-state index >= 15 is 0 Å². The van der Waals surface area contributed by atoms with E-state index in [1.54, 1.807) is 24.3 Å². The smallest absolute Gasteiger partial charge is 0.205 e. The molecule has 0 heterocycles. The first kappa shape index (κ1) is 13.0. The van der Waals surface area contributed by atoms with Crippen molar-refractivity contribution < 1.29 is 9.59 Å². The lowest BCUT2D eigenvalue weighted by Crippen LogP contribution is -2.23. The van der Waals surface area contributed by atoms with E-state index in [-0.39, 0.29) is 16.6 Å². The maximum absolute atomic E-state index is 12.3. The van der Waals surface area contributed by atoms with Gasteiger partial charge in [-0.2, -0.15) is 0 Å². The van der Waals surface area contributed by atoms with Gasteiger partial charge in [-0.15, -0.1) is 0 Å². The third-order valence-electron chi connectivity index (χ3n) is 2.96. The summed E-state index contributed by atoms with van der Waals surface area (Å²) >= 11 is 6.03. The summed E-state index contributed by atoms with van der Waals surface area (Å²) in [6, 6.07) is 6.81. The molecule has 94 valence electrons. The third kappa shape index (κ3) is 2.24. The molecule has 1 aromatic carbocycles. The minimum absolute atomic E-state index is 0.0700. The Morgan fingerprint density at radius 1 is 1.06 bits per heavy atom. The average molecular weight is 264 g/mol. The van der Waals surface area contributed by atoms with Crippen molar-refractivity contribution in [3.63, 3.8) is 0 Å². The van der Waals surface area contributed by atoms with Crippen molar-refractivity contribution in [2.24, 2.45) is 0 Å². The van der Waals surface area contributed by atoms with E-state index in [9.17, 15) is 9.59 Å². The molecule has 0 unspecified atom stereocenters. The van der Waals surface area contributed by atoms with E-state index in [2.05, 4.69) is 0 Å². The lowest BCUT2D eigenvalue weighted by Gasteiger charge is -2.18. The number of fused-ring (bicyclic) bond motifs is 1. The molecule has 0 saturated heterocycles. The molecule has 0 bridgehead atoms. The number of rotatable bonds is 3. The van der Waals surface area contributed by atoms with Gasteiger partial charge in [-0.25, -0.2) is 0 Å². The van der Waals surface area contributed by atoms with Crippen molar-refractivity contribution in [3.8, 4) is 0 Å². The molecule has 1 aliphatic rings. The lowest BCUT2D eigenvalue weighted by atomic mass is 9.88. The highest BCUT2D eigenvalue weighted by atomic mass is 35.5. The zero-order valence-electron chi connectivity index (χ0n) is 10.4. The van der Waals surface area contributed by atoms with Gasteiger partial charge in [0.2, 0.25) is 5.78 Å². The van der Waals surface area contributed by atoms with Crippen LogP contribution in [0.3, 0.4) is 0 Å². The summed E-state index contributed by atoms with van der Waals surface area (Å²) in [5, 5.41) is 0.0700. The normalized spacial score (nSPS) is 15.3. The summed E-state index contributed by atoms with van der Waals surface area (Å²) in [5.41, 5.74) is 1.29. The van der Waals surface area contributed by atoms with E-state index in [1.807, 2.05) is 19.0 Å². The van der Waals surface area contributed by atoms with Crippen LogP contribution in [0.5, 0.6) is 0 Å². The summed E-state index contributed by atoms with van der Waals surface area (Å²) in [5.74, 6) is -0.377. The predicted octanol–water partition coefficient (Wildman–Crippen LogP) is 2.51. The van der Waals surface area contributed by atoms with Gasteiger partial charge in [-0.3, -0.25) is 9.59 Å². The van der Waals surface area contributed by atoms with Gasteiger partial charge < -0.3 is 4.90 Å². The van der Waals surface area contributed by atoms with Crippen molar-refractivity contribution in [2.45, 2.75) is 6.42 Å². The van der Waals surface area contributed by atoms with Crippen LogP contribution < -0.4 is 0 Å². The molecule has 4 heteroatoms. The van der Waals surface area contributed by atoms with Gasteiger partial charge in [0, 0.05) is 23.2 Å². The van der Waals surface area contributed by atoms with E-state index in [0.717, 1.165) is 0 Å². The Kier molecular flexibility index (Phi) is 3.64. The molecule has 0 amide bonds. The SMILES string of the molecule is CN(C)CCC1=C(Cl)C(=O)c2ccccc2C1=O. The van der Waals surface area contributed by atoms with Crippen LogP contribution in [-0.2, 0) is 0 Å². The molecule has 0 saturated carbocycles. The van der Waals surface area contributed by atoms with Gasteiger partial charge in [0.15, 0.2) is 5.78 Å². The van der Waals surface area contributed by atoms with Crippen molar-refractivity contribution in [3.05, 3.63) is 46.0 Å². The highest BCUT2D eigenvalue weighted by Crippen LogP contribution is 2.30. The summed E-state index contributed by atoms with van der Waals surface area (Å²) < 4.78 is 0. The molecule has 0 atom stereocenters. The fourth-order valence-corrected chi connectivity index (χ4v) is 2.24. The number of ketones is 2. The summed E-state index contributed by atoms with van der Waals surface area (Å²) in [6.07, 6.45) is 0.491. The van der Waals surface area contributed by atoms with Crippen LogP contribution in [0.2, 0.25) is 0 Å². The zero-order valence-corrected chi connectivity index (χ0v) is 11.1. The Hall–Kier alpha value is -1.45. The van der Waals surface area contributed by atoms with Crippen molar-refractivity contribution in [1.82, 2.24) is 4.90 Å². The van der Waals surface area contributed by atoms with Crippen molar-refractivity contribution in [1.29, 1.82) is 0 Å². The number of carbonyl (C=O) groups is 2.